The summed E-state index contributed by atoms with van der Waals surface area (Å²) in [4.78, 5) is 0. The molecule has 0 fully saturated rings. The summed E-state index contributed by atoms with van der Waals surface area (Å²) in [7, 11) is 0. The number of aliphatic hydroxyl groups is 2. The average molecular weight is 132 g/mol. The summed E-state index contributed by atoms with van der Waals surface area (Å²) in [6.07, 6.45) is -3.32. The van der Waals surface area contributed by atoms with Gasteiger partial charge in [0.05, 0.1) is 0 Å². The number of hydrogen-bond acceptors (Lipinski definition) is 2. The summed E-state index contributed by atoms with van der Waals surface area (Å²) >= 11 is 4.23. The van der Waals surface area contributed by atoms with Gasteiger partial charge < -0.3 is 10.2 Å². The molecule has 0 amide bonds. The molecule has 7 heavy (non-hydrogen) atoms. The van der Waals surface area contributed by atoms with Crippen LogP contribution in [0, 0.1) is 0 Å². The molecule has 0 atom stereocenters. The minimum atomic E-state index is -3.36. The molecule has 0 aromatic heterocycles. The van der Waals surface area contributed by atoms with Crippen LogP contribution in [0.15, 0.2) is 0 Å². The molecule has 0 aromatic carbocycles. The topological polar surface area (TPSA) is 40.5 Å². The van der Waals surface area contributed by atoms with E-state index in [-0.39, 0.29) is 0 Å². The maximum Gasteiger partial charge on any atom is 0.306 e. The Kier molecular flexibility index (Phi) is 1.92. The van der Waals surface area contributed by atoms with Crippen LogP contribution in [0.4, 0.5) is 8.78 Å². The molecule has 44 valence electrons. The highest BCUT2D eigenvalue weighted by Gasteiger charge is 2.31. The molecule has 5 heteroatoms. The van der Waals surface area contributed by atoms with E-state index in [0.717, 1.165) is 0 Å². The van der Waals surface area contributed by atoms with E-state index in [4.69, 9.17) is 10.2 Å². The van der Waals surface area contributed by atoms with Crippen LogP contribution in [-0.2, 0) is 0 Å². The van der Waals surface area contributed by atoms with Crippen LogP contribution in [-0.4, -0.2) is 21.9 Å². The van der Waals surface area contributed by atoms with E-state index in [9.17, 15) is 8.78 Å². The van der Waals surface area contributed by atoms with Crippen LogP contribution < -0.4 is 0 Å². The van der Waals surface area contributed by atoms with Gasteiger partial charge in [-0.3, -0.25) is 0 Å². The van der Waals surface area contributed by atoms with Crippen molar-refractivity contribution in [2.75, 3.05) is 0 Å². The Morgan fingerprint density at radius 2 is 1.57 bits per heavy atom. The van der Waals surface area contributed by atoms with Gasteiger partial charge in [-0.15, -0.1) is 0 Å². The SMILES string of the molecule is OC(O)(Cl)C(F)F. The highest BCUT2D eigenvalue weighted by atomic mass is 35.5. The van der Waals surface area contributed by atoms with Crippen LogP contribution in [0.5, 0.6) is 0 Å². The summed E-state index contributed by atoms with van der Waals surface area (Å²) in [6.45, 7) is 0. The van der Waals surface area contributed by atoms with E-state index in [1.807, 2.05) is 0 Å². The Bertz CT molecular complexity index is 59.2. The molecule has 2 nitrogen and oxygen atoms in total. The normalized spacial score (nSPS) is 12.9. The molecule has 0 spiro atoms. The molecule has 0 heterocycles. The molecule has 0 radical (unpaired) electrons. The van der Waals surface area contributed by atoms with Gasteiger partial charge in [0.2, 0.25) is 0 Å². The van der Waals surface area contributed by atoms with Gasteiger partial charge in [-0.25, -0.2) is 8.78 Å². The molecule has 2 N–H and O–H groups in total. The lowest BCUT2D eigenvalue weighted by Gasteiger charge is -2.09. The average Bonchev–Trinajstić information content (AvgIpc) is 1.31. The first-order valence-corrected chi connectivity index (χ1v) is 1.74. The molecule has 0 unspecified atom stereocenters. The third-order valence-electron chi connectivity index (χ3n) is 0.278. The van der Waals surface area contributed by atoms with E-state index in [1.165, 1.54) is 0 Å². The standard InChI is InChI=1S/C2H3ClF2O2/c3-2(6,7)1(4)5/h1,6-7H. The smallest absolute Gasteiger partial charge is 0.306 e. The lowest BCUT2D eigenvalue weighted by Crippen LogP contribution is -2.29. The van der Waals surface area contributed by atoms with Gasteiger partial charge in [0.25, 0.3) is 0 Å². The predicted molar refractivity (Wildman–Crippen MR) is 19.0 cm³/mol. The van der Waals surface area contributed by atoms with Gasteiger partial charge in [0, 0.05) is 0 Å². The molecule has 0 saturated heterocycles. The summed E-state index contributed by atoms with van der Waals surface area (Å²) in [5.41, 5.74) is 0. The van der Waals surface area contributed by atoms with Crippen molar-refractivity contribution in [2.45, 2.75) is 11.7 Å². The second-order valence-corrected chi connectivity index (χ2v) is 1.49. The summed E-state index contributed by atoms with van der Waals surface area (Å²) in [6, 6.07) is 0. The first kappa shape index (κ1) is 7.07. The van der Waals surface area contributed by atoms with Crippen LogP contribution in [0.2, 0.25) is 0 Å². The van der Waals surface area contributed by atoms with Crippen molar-refractivity contribution in [3.63, 3.8) is 0 Å². The molecule has 0 aliphatic carbocycles. The van der Waals surface area contributed by atoms with Gasteiger partial charge in [-0.1, -0.05) is 11.6 Å². The monoisotopic (exact) mass is 132 g/mol. The number of alkyl halides is 3. The van der Waals surface area contributed by atoms with Gasteiger partial charge in [-0.05, 0) is 0 Å². The quantitative estimate of drug-likeness (QED) is 0.393. The Morgan fingerprint density at radius 3 is 1.57 bits per heavy atom. The Balaban J connectivity index is 3.54. The summed E-state index contributed by atoms with van der Waals surface area (Å²) in [5.74, 6) is 0. The van der Waals surface area contributed by atoms with E-state index >= 15 is 0 Å². The molecule has 0 aromatic rings. The van der Waals surface area contributed by atoms with Gasteiger partial charge in [0.15, 0.2) is 0 Å². The Morgan fingerprint density at radius 1 is 1.43 bits per heavy atom. The predicted octanol–water partition coefficient (Wildman–Crippen LogP) is 0.129. The van der Waals surface area contributed by atoms with Gasteiger partial charge >= 0.3 is 11.7 Å². The lowest BCUT2D eigenvalue weighted by molar-refractivity contribution is -0.175. The Labute approximate surface area is 43.3 Å². The van der Waals surface area contributed by atoms with Crippen molar-refractivity contribution in [3.05, 3.63) is 0 Å². The molecule has 0 aliphatic rings. The second-order valence-electron chi connectivity index (χ2n) is 0.937. The minimum Gasteiger partial charge on any atom is -0.349 e. The third-order valence-corrected chi connectivity index (χ3v) is 0.443. The molecular formula is C2H3ClF2O2. The number of halogens is 3. The highest BCUT2D eigenvalue weighted by Crippen LogP contribution is 2.15. The molecular weight excluding hydrogens is 129 g/mol. The van der Waals surface area contributed by atoms with Gasteiger partial charge in [0.1, 0.15) is 0 Å². The second kappa shape index (κ2) is 1.90. The van der Waals surface area contributed by atoms with Crippen molar-refractivity contribution >= 4 is 11.6 Å². The largest absolute Gasteiger partial charge is 0.349 e. The zero-order valence-corrected chi connectivity index (χ0v) is 3.86. The van der Waals surface area contributed by atoms with E-state index in [0.29, 0.717) is 0 Å². The number of rotatable bonds is 1. The maximum absolute atomic E-state index is 10.9. The van der Waals surface area contributed by atoms with Crippen molar-refractivity contribution in [3.8, 4) is 0 Å². The molecule has 0 saturated carbocycles. The maximum atomic E-state index is 10.9. The zero-order chi connectivity index (χ0) is 6.08. The first-order chi connectivity index (χ1) is 2.94. The van der Waals surface area contributed by atoms with Crippen molar-refractivity contribution in [1.82, 2.24) is 0 Å². The fourth-order valence-corrected chi connectivity index (χ4v) is 0. The van der Waals surface area contributed by atoms with Crippen LogP contribution in [0.3, 0.4) is 0 Å². The molecule has 0 bridgehead atoms. The van der Waals surface area contributed by atoms with Crippen LogP contribution in [0.1, 0.15) is 0 Å². The van der Waals surface area contributed by atoms with Crippen molar-refractivity contribution in [2.24, 2.45) is 0 Å². The van der Waals surface area contributed by atoms with Crippen LogP contribution >= 0.6 is 11.6 Å². The zero-order valence-electron chi connectivity index (χ0n) is 3.11. The third kappa shape index (κ3) is 2.73. The van der Waals surface area contributed by atoms with Crippen LogP contribution in [0.25, 0.3) is 0 Å². The van der Waals surface area contributed by atoms with E-state index in [1.54, 1.807) is 0 Å². The highest BCUT2D eigenvalue weighted by molar-refractivity contribution is 6.21. The number of hydrogen-bond donors (Lipinski definition) is 2. The summed E-state index contributed by atoms with van der Waals surface area (Å²) < 4.78 is 21.8. The first-order valence-electron chi connectivity index (χ1n) is 1.36. The fourth-order valence-electron chi connectivity index (χ4n) is 0. The Hall–Kier alpha value is 0.0700. The fraction of sp³-hybridized carbons (Fsp3) is 1.00. The van der Waals surface area contributed by atoms with Gasteiger partial charge in [-0.2, -0.15) is 0 Å². The lowest BCUT2D eigenvalue weighted by atomic mass is 10.7. The summed E-state index contributed by atoms with van der Waals surface area (Å²) in [5, 5.41) is 12.0. The van der Waals surface area contributed by atoms with Crippen molar-refractivity contribution < 1.29 is 19.0 Å². The molecule has 0 aliphatic heterocycles. The van der Waals surface area contributed by atoms with E-state index < -0.39 is 11.7 Å². The minimum absolute atomic E-state index is 3.32. The van der Waals surface area contributed by atoms with Crippen molar-refractivity contribution in [1.29, 1.82) is 0 Å². The van der Waals surface area contributed by atoms with E-state index in [2.05, 4.69) is 11.6 Å². The molecule has 0 rings (SSSR count).